The lowest BCUT2D eigenvalue weighted by atomic mass is 10.1. The highest BCUT2D eigenvalue weighted by Gasteiger charge is 2.36. The van der Waals surface area contributed by atoms with Crippen LogP contribution in [-0.4, -0.2) is 33.1 Å². The van der Waals surface area contributed by atoms with Crippen molar-refractivity contribution in [2.45, 2.75) is 24.6 Å². The number of rotatable bonds is 3. The van der Waals surface area contributed by atoms with E-state index in [-0.39, 0.29) is 10.0 Å². The second kappa shape index (κ2) is 5.55. The normalized spacial score (nSPS) is 26.6. The molecule has 20 heavy (non-hydrogen) atoms. The molecule has 106 valence electrons. The van der Waals surface area contributed by atoms with Crippen LogP contribution in [0.1, 0.15) is 19.3 Å². The minimum atomic E-state index is -0.341. The fourth-order valence-electron chi connectivity index (χ4n) is 2.72. The lowest BCUT2D eigenvalue weighted by Gasteiger charge is -2.47. The number of pyridine rings is 1. The average Bonchev–Trinajstić information content (AvgIpc) is 2.99. The van der Waals surface area contributed by atoms with Crippen LogP contribution in [0, 0.1) is 5.21 Å². The van der Waals surface area contributed by atoms with Crippen molar-refractivity contribution in [1.82, 2.24) is 19.6 Å². The lowest BCUT2D eigenvalue weighted by molar-refractivity contribution is 0.271. The summed E-state index contributed by atoms with van der Waals surface area (Å²) in [4.78, 5) is 11.6. The first-order chi connectivity index (χ1) is 9.74. The highest BCUT2D eigenvalue weighted by atomic mass is 32.2. The third kappa shape index (κ3) is 2.34. The standard InChI is InChI=1S/C14H18N4OS/c1-20-13-4-2-3-9-18(13,19)14-16-10-12(17-14)11-5-7-15-8-6-11/h5-8,10,13H,2-4,9H2,1H3,(H,16,17). The molecule has 2 unspecified atom stereocenters. The van der Waals surface area contributed by atoms with Crippen molar-refractivity contribution in [2.24, 2.45) is 0 Å². The molecule has 1 saturated heterocycles. The minimum Gasteiger partial charge on any atom is -0.624 e. The number of H-pyrrole nitrogens is 1. The molecule has 0 saturated carbocycles. The monoisotopic (exact) mass is 290 g/mol. The third-order valence-corrected chi connectivity index (χ3v) is 4.95. The van der Waals surface area contributed by atoms with Gasteiger partial charge in [0, 0.05) is 30.6 Å². The van der Waals surface area contributed by atoms with Crippen molar-refractivity contribution in [3.8, 4) is 11.3 Å². The SMILES string of the molecule is CSC1CCCC[N+]1([O-])c1nc(-c2ccncc2)c[nH]1. The van der Waals surface area contributed by atoms with Gasteiger partial charge in [0.2, 0.25) is 0 Å². The van der Waals surface area contributed by atoms with E-state index in [1.54, 1.807) is 24.2 Å². The number of nitrogens with one attached hydrogen (secondary N) is 1. The molecule has 1 N–H and O–H groups in total. The average molecular weight is 290 g/mol. The first-order valence-corrected chi connectivity index (χ1v) is 8.11. The van der Waals surface area contributed by atoms with Gasteiger partial charge in [0.25, 0.3) is 0 Å². The molecule has 5 nitrogen and oxygen atoms in total. The zero-order valence-electron chi connectivity index (χ0n) is 11.5. The number of nitrogens with zero attached hydrogens (tertiary/aromatic N) is 3. The number of imidazole rings is 1. The number of hydroxylamine groups is 2. The van der Waals surface area contributed by atoms with Gasteiger partial charge in [-0.05, 0) is 31.2 Å². The molecule has 2 aromatic rings. The number of quaternary nitrogens is 1. The zero-order valence-corrected chi connectivity index (χ0v) is 12.3. The quantitative estimate of drug-likeness (QED) is 0.696. The molecule has 2 aromatic heterocycles. The van der Waals surface area contributed by atoms with Crippen molar-refractivity contribution in [3.63, 3.8) is 0 Å². The van der Waals surface area contributed by atoms with Crippen molar-refractivity contribution < 1.29 is 0 Å². The molecule has 3 rings (SSSR count). The molecule has 1 aliphatic rings. The molecule has 2 atom stereocenters. The smallest absolute Gasteiger partial charge is 0.307 e. The van der Waals surface area contributed by atoms with Crippen LogP contribution >= 0.6 is 11.8 Å². The van der Waals surface area contributed by atoms with Gasteiger partial charge in [0.05, 0.1) is 12.2 Å². The molecule has 3 heterocycles. The molecule has 0 radical (unpaired) electrons. The van der Waals surface area contributed by atoms with Gasteiger partial charge in [-0.25, -0.2) is 0 Å². The highest BCUT2D eigenvalue weighted by molar-refractivity contribution is 7.99. The van der Waals surface area contributed by atoms with Crippen LogP contribution in [0.25, 0.3) is 11.3 Å². The van der Waals surface area contributed by atoms with Crippen molar-refractivity contribution >= 4 is 17.7 Å². The maximum atomic E-state index is 13.1. The van der Waals surface area contributed by atoms with E-state index >= 15 is 0 Å². The Morgan fingerprint density at radius 3 is 2.90 bits per heavy atom. The topological polar surface area (TPSA) is 64.6 Å². The third-order valence-electron chi connectivity index (χ3n) is 3.83. The summed E-state index contributed by atoms with van der Waals surface area (Å²) < 4.78 is -0.341. The number of hydrogen-bond donors (Lipinski definition) is 1. The maximum Gasteiger partial charge on any atom is 0.307 e. The number of hydrogen-bond acceptors (Lipinski definition) is 4. The number of aromatic amines is 1. The zero-order chi connectivity index (χ0) is 14.0. The van der Waals surface area contributed by atoms with Crippen molar-refractivity contribution in [3.05, 3.63) is 35.9 Å². The summed E-state index contributed by atoms with van der Waals surface area (Å²) in [6, 6.07) is 3.80. The van der Waals surface area contributed by atoms with E-state index in [1.165, 1.54) is 0 Å². The van der Waals surface area contributed by atoms with E-state index < -0.39 is 0 Å². The first-order valence-electron chi connectivity index (χ1n) is 6.82. The molecule has 0 aromatic carbocycles. The number of thioether (sulfide) groups is 1. The van der Waals surface area contributed by atoms with Gasteiger partial charge in [-0.3, -0.25) is 14.6 Å². The largest absolute Gasteiger partial charge is 0.624 e. The predicted octanol–water partition coefficient (Wildman–Crippen LogP) is 3.15. The summed E-state index contributed by atoms with van der Waals surface area (Å²) in [5.74, 6) is 0.524. The van der Waals surface area contributed by atoms with Gasteiger partial charge in [-0.1, -0.05) is 0 Å². The van der Waals surface area contributed by atoms with Crippen molar-refractivity contribution in [2.75, 3.05) is 12.8 Å². The van der Waals surface area contributed by atoms with E-state index in [9.17, 15) is 5.21 Å². The van der Waals surface area contributed by atoms with Crippen LogP contribution < -0.4 is 4.65 Å². The van der Waals surface area contributed by atoms with Gasteiger partial charge in [0.15, 0.2) is 0 Å². The molecule has 0 bridgehead atoms. The Balaban J connectivity index is 1.93. The van der Waals surface area contributed by atoms with E-state index in [4.69, 9.17) is 0 Å². The van der Waals surface area contributed by atoms with Gasteiger partial charge in [-0.15, -0.1) is 11.8 Å². The van der Waals surface area contributed by atoms with Crippen LogP contribution in [-0.2, 0) is 0 Å². The lowest BCUT2D eigenvalue weighted by Crippen LogP contribution is -2.53. The Bertz CT molecular complexity index is 574. The fourth-order valence-corrected chi connectivity index (χ4v) is 3.67. The Morgan fingerprint density at radius 1 is 1.35 bits per heavy atom. The summed E-state index contributed by atoms with van der Waals surface area (Å²) in [6.07, 6.45) is 10.3. The molecule has 1 aliphatic heterocycles. The molecule has 1 fully saturated rings. The highest BCUT2D eigenvalue weighted by Crippen LogP contribution is 2.35. The molecular formula is C14H18N4OS. The van der Waals surface area contributed by atoms with E-state index in [0.29, 0.717) is 12.5 Å². The van der Waals surface area contributed by atoms with Crippen LogP contribution in [0.2, 0.25) is 0 Å². The van der Waals surface area contributed by atoms with E-state index in [0.717, 1.165) is 30.5 Å². The summed E-state index contributed by atoms with van der Waals surface area (Å²) in [6.45, 7) is 0.606. The Labute approximate surface area is 122 Å². The molecule has 0 amide bonds. The number of piperidine rings is 1. The van der Waals surface area contributed by atoms with Gasteiger partial charge in [-0.2, -0.15) is 4.98 Å². The van der Waals surface area contributed by atoms with E-state index in [1.807, 2.05) is 24.6 Å². The Kier molecular flexibility index (Phi) is 3.78. The molecule has 6 heteroatoms. The Hall–Kier alpha value is -1.37. The maximum absolute atomic E-state index is 13.1. The minimum absolute atomic E-state index is 0.0418. The van der Waals surface area contributed by atoms with Crippen LogP contribution in [0.4, 0.5) is 5.95 Å². The fraction of sp³-hybridized carbons (Fsp3) is 0.429. The van der Waals surface area contributed by atoms with Gasteiger partial charge >= 0.3 is 5.95 Å². The van der Waals surface area contributed by atoms with Crippen LogP contribution in [0.3, 0.4) is 0 Å². The van der Waals surface area contributed by atoms with Gasteiger partial charge < -0.3 is 5.21 Å². The summed E-state index contributed by atoms with van der Waals surface area (Å²) in [5, 5.41) is 13.2. The van der Waals surface area contributed by atoms with Gasteiger partial charge in [0.1, 0.15) is 5.37 Å². The van der Waals surface area contributed by atoms with Crippen molar-refractivity contribution in [1.29, 1.82) is 0 Å². The number of aromatic nitrogens is 3. The van der Waals surface area contributed by atoms with Crippen LogP contribution in [0.15, 0.2) is 30.7 Å². The second-order valence-corrected chi connectivity index (χ2v) is 6.07. The summed E-state index contributed by atoms with van der Waals surface area (Å²) in [5.41, 5.74) is 1.79. The Morgan fingerprint density at radius 2 is 2.15 bits per heavy atom. The molecular weight excluding hydrogens is 272 g/mol. The summed E-state index contributed by atoms with van der Waals surface area (Å²) >= 11 is 1.64. The summed E-state index contributed by atoms with van der Waals surface area (Å²) in [7, 11) is 0. The first kappa shape index (κ1) is 13.6. The van der Waals surface area contributed by atoms with E-state index in [2.05, 4.69) is 15.0 Å². The predicted molar refractivity (Wildman–Crippen MR) is 83.0 cm³/mol. The van der Waals surface area contributed by atoms with Crippen LogP contribution in [0.5, 0.6) is 0 Å². The second-order valence-electron chi connectivity index (χ2n) is 5.05. The molecule has 0 aliphatic carbocycles. The molecule has 0 spiro atoms.